The average Bonchev–Trinajstić information content (AvgIpc) is 3.56. The average molecular weight is 523 g/mol. The van der Waals surface area contributed by atoms with Gasteiger partial charge in [0, 0.05) is 47.7 Å². The summed E-state index contributed by atoms with van der Waals surface area (Å²) in [5.74, 6) is 0.348. The van der Waals surface area contributed by atoms with Crippen molar-refractivity contribution in [2.24, 2.45) is 0 Å². The number of aromatic nitrogens is 6. The van der Waals surface area contributed by atoms with Crippen molar-refractivity contribution in [3.05, 3.63) is 73.1 Å². The van der Waals surface area contributed by atoms with Gasteiger partial charge in [-0.2, -0.15) is 5.10 Å². The SMILES string of the molecule is COc1cncc(-c2ccc3[nH]nc(-c4cc5c(-c6cc(F)cc(NCCN(C)C)c6)cncc5[nH]4)c3n2)c1. The third kappa shape index (κ3) is 4.89. The summed E-state index contributed by atoms with van der Waals surface area (Å²) in [4.78, 5) is 19.0. The highest BCUT2D eigenvalue weighted by atomic mass is 19.1. The number of ether oxygens (including phenoxy) is 1. The summed E-state index contributed by atoms with van der Waals surface area (Å²) in [6.07, 6.45) is 6.92. The number of nitrogens with zero attached hydrogens (tertiary/aromatic N) is 5. The molecule has 6 rings (SSSR count). The summed E-state index contributed by atoms with van der Waals surface area (Å²) in [5.41, 5.74) is 7.67. The number of hydrogen-bond donors (Lipinski definition) is 3. The summed E-state index contributed by atoms with van der Waals surface area (Å²) in [6, 6.07) is 12.7. The molecule has 5 aromatic heterocycles. The number of hydrogen-bond acceptors (Lipinski definition) is 7. The molecule has 3 N–H and O–H groups in total. The Morgan fingerprint density at radius 1 is 0.949 bits per heavy atom. The van der Waals surface area contributed by atoms with E-state index in [1.54, 1.807) is 31.9 Å². The summed E-state index contributed by atoms with van der Waals surface area (Å²) in [6.45, 7) is 1.55. The number of benzene rings is 1. The van der Waals surface area contributed by atoms with Gasteiger partial charge in [-0.05, 0) is 62.1 Å². The lowest BCUT2D eigenvalue weighted by Gasteiger charge is -2.13. The third-order valence-corrected chi connectivity index (χ3v) is 6.55. The van der Waals surface area contributed by atoms with E-state index in [-0.39, 0.29) is 5.82 Å². The Labute approximate surface area is 224 Å². The van der Waals surface area contributed by atoms with Crippen molar-refractivity contribution in [3.63, 3.8) is 0 Å². The normalized spacial score (nSPS) is 11.5. The largest absolute Gasteiger partial charge is 0.495 e. The summed E-state index contributed by atoms with van der Waals surface area (Å²) in [5, 5.41) is 11.8. The summed E-state index contributed by atoms with van der Waals surface area (Å²) >= 11 is 0. The van der Waals surface area contributed by atoms with Gasteiger partial charge >= 0.3 is 0 Å². The van der Waals surface area contributed by atoms with Gasteiger partial charge in [0.05, 0.1) is 41.9 Å². The maximum Gasteiger partial charge on any atom is 0.137 e. The quantitative estimate of drug-likeness (QED) is 0.247. The molecule has 1 aromatic carbocycles. The summed E-state index contributed by atoms with van der Waals surface area (Å²) in [7, 11) is 5.61. The van der Waals surface area contributed by atoms with E-state index in [1.165, 1.54) is 12.1 Å². The Balaban J connectivity index is 1.40. The fraction of sp³-hybridized carbons (Fsp3) is 0.172. The Hall–Kier alpha value is -4.83. The van der Waals surface area contributed by atoms with Crippen molar-refractivity contribution in [3.8, 4) is 39.5 Å². The van der Waals surface area contributed by atoms with Crippen molar-refractivity contribution in [1.29, 1.82) is 0 Å². The standard InChI is InChI=1S/C29H27FN8O/c1-38(2)7-6-33-20-9-17(8-19(30)11-20)23-15-32-16-27-22(23)12-26(34-27)29-28-25(36-37-29)5-4-24(35-28)18-10-21(39-3)14-31-13-18/h4-5,8-16,33-34H,6-7H2,1-3H3,(H,36,37). The topological polar surface area (TPSA) is 108 Å². The van der Waals surface area contributed by atoms with Crippen LogP contribution in [-0.4, -0.2) is 69.3 Å². The van der Waals surface area contributed by atoms with Crippen LogP contribution < -0.4 is 10.1 Å². The van der Waals surface area contributed by atoms with Gasteiger partial charge < -0.3 is 19.9 Å². The van der Waals surface area contributed by atoms with E-state index in [0.717, 1.165) is 62.2 Å². The molecule has 0 fully saturated rings. The van der Waals surface area contributed by atoms with E-state index < -0.39 is 0 Å². The monoisotopic (exact) mass is 522 g/mol. The zero-order valence-corrected chi connectivity index (χ0v) is 21.8. The predicted octanol–water partition coefficient (Wildman–Crippen LogP) is 5.35. The number of nitrogens with one attached hydrogen (secondary N) is 3. The van der Waals surface area contributed by atoms with Gasteiger partial charge in [0.1, 0.15) is 22.8 Å². The molecule has 0 aliphatic carbocycles. The number of fused-ring (bicyclic) bond motifs is 2. The lowest BCUT2D eigenvalue weighted by molar-refractivity contribution is 0.413. The van der Waals surface area contributed by atoms with E-state index in [2.05, 4.69) is 35.4 Å². The van der Waals surface area contributed by atoms with E-state index in [1.807, 2.05) is 44.4 Å². The second-order valence-corrected chi connectivity index (χ2v) is 9.57. The fourth-order valence-corrected chi connectivity index (χ4v) is 4.60. The lowest BCUT2D eigenvalue weighted by Crippen LogP contribution is -2.20. The van der Waals surface area contributed by atoms with E-state index in [0.29, 0.717) is 18.0 Å². The van der Waals surface area contributed by atoms with Crippen molar-refractivity contribution in [1.82, 2.24) is 35.0 Å². The molecule has 196 valence electrons. The highest BCUT2D eigenvalue weighted by Crippen LogP contribution is 2.35. The van der Waals surface area contributed by atoms with E-state index in [4.69, 9.17) is 9.72 Å². The molecule has 0 bridgehead atoms. The molecule has 5 heterocycles. The minimum atomic E-state index is -0.310. The second-order valence-electron chi connectivity index (χ2n) is 9.57. The smallest absolute Gasteiger partial charge is 0.137 e. The Morgan fingerprint density at radius 3 is 2.67 bits per heavy atom. The lowest BCUT2D eigenvalue weighted by atomic mass is 10.0. The van der Waals surface area contributed by atoms with Gasteiger partial charge in [0.25, 0.3) is 0 Å². The van der Waals surface area contributed by atoms with Gasteiger partial charge in [-0.1, -0.05) is 0 Å². The minimum Gasteiger partial charge on any atom is -0.495 e. The molecule has 0 amide bonds. The molecule has 0 radical (unpaired) electrons. The van der Waals surface area contributed by atoms with Gasteiger partial charge in [-0.3, -0.25) is 15.1 Å². The molecule has 0 saturated carbocycles. The second kappa shape index (κ2) is 10.1. The zero-order valence-electron chi connectivity index (χ0n) is 21.8. The molecule has 39 heavy (non-hydrogen) atoms. The number of anilines is 1. The molecule has 0 atom stereocenters. The Bertz CT molecular complexity index is 1790. The van der Waals surface area contributed by atoms with Crippen LogP contribution in [0, 0.1) is 5.82 Å². The molecule has 6 aromatic rings. The minimum absolute atomic E-state index is 0.310. The van der Waals surface area contributed by atoms with Crippen LogP contribution in [0.3, 0.4) is 0 Å². The number of pyridine rings is 3. The number of H-pyrrole nitrogens is 2. The predicted molar refractivity (Wildman–Crippen MR) is 151 cm³/mol. The molecule has 0 aliphatic rings. The first kappa shape index (κ1) is 24.5. The molecular weight excluding hydrogens is 495 g/mol. The van der Waals surface area contributed by atoms with Crippen LogP contribution in [0.25, 0.3) is 55.7 Å². The zero-order chi connectivity index (χ0) is 26.9. The highest BCUT2D eigenvalue weighted by Gasteiger charge is 2.16. The number of aromatic amines is 2. The number of halogens is 1. The van der Waals surface area contributed by atoms with Crippen LogP contribution in [0.4, 0.5) is 10.1 Å². The van der Waals surface area contributed by atoms with Crippen LogP contribution in [0.2, 0.25) is 0 Å². The third-order valence-electron chi connectivity index (χ3n) is 6.55. The first-order chi connectivity index (χ1) is 19.0. The van der Waals surface area contributed by atoms with Crippen molar-refractivity contribution in [2.45, 2.75) is 0 Å². The van der Waals surface area contributed by atoms with E-state index in [9.17, 15) is 4.39 Å². The maximum absolute atomic E-state index is 14.6. The van der Waals surface area contributed by atoms with E-state index >= 15 is 0 Å². The molecule has 10 heteroatoms. The fourth-order valence-electron chi connectivity index (χ4n) is 4.60. The molecular formula is C29H27FN8O. The number of rotatable bonds is 8. The van der Waals surface area contributed by atoms with Crippen LogP contribution in [0.1, 0.15) is 0 Å². The molecule has 0 unspecified atom stereocenters. The molecule has 9 nitrogen and oxygen atoms in total. The van der Waals surface area contributed by atoms with Crippen LogP contribution in [0.15, 0.2) is 67.3 Å². The molecule has 0 spiro atoms. The molecule has 0 saturated heterocycles. The number of methoxy groups -OCH3 is 1. The Morgan fingerprint density at radius 2 is 1.82 bits per heavy atom. The van der Waals surface area contributed by atoms with Gasteiger partial charge in [0.2, 0.25) is 0 Å². The van der Waals surface area contributed by atoms with Crippen molar-refractivity contribution in [2.75, 3.05) is 39.6 Å². The van der Waals surface area contributed by atoms with Crippen LogP contribution in [-0.2, 0) is 0 Å². The van der Waals surface area contributed by atoms with Crippen molar-refractivity contribution < 1.29 is 9.13 Å². The van der Waals surface area contributed by atoms with Crippen molar-refractivity contribution >= 4 is 27.6 Å². The van der Waals surface area contributed by atoms with Gasteiger partial charge in [-0.25, -0.2) is 9.37 Å². The number of likely N-dealkylation sites (N-methyl/N-ethyl adjacent to an activating group) is 1. The van der Waals surface area contributed by atoms with Gasteiger partial charge in [0.15, 0.2) is 0 Å². The first-order valence-electron chi connectivity index (χ1n) is 12.5. The van der Waals surface area contributed by atoms with Crippen LogP contribution in [0.5, 0.6) is 5.75 Å². The molecule has 0 aliphatic heterocycles. The Kier molecular flexibility index (Phi) is 6.37. The van der Waals surface area contributed by atoms with Gasteiger partial charge in [-0.15, -0.1) is 0 Å². The summed E-state index contributed by atoms with van der Waals surface area (Å²) < 4.78 is 19.9. The highest BCUT2D eigenvalue weighted by molar-refractivity contribution is 6.00. The van der Waals surface area contributed by atoms with Crippen LogP contribution >= 0.6 is 0 Å². The maximum atomic E-state index is 14.6. The first-order valence-corrected chi connectivity index (χ1v) is 12.5.